The van der Waals surface area contributed by atoms with E-state index in [1.54, 1.807) is 18.4 Å². The lowest BCUT2D eigenvalue weighted by Gasteiger charge is -2.06. The van der Waals surface area contributed by atoms with Crippen molar-refractivity contribution in [3.63, 3.8) is 0 Å². The predicted molar refractivity (Wildman–Crippen MR) is 72.7 cm³/mol. The molecule has 0 saturated heterocycles. The van der Waals surface area contributed by atoms with Gasteiger partial charge in [0.05, 0.1) is 7.11 Å². The summed E-state index contributed by atoms with van der Waals surface area (Å²) in [5, 5.41) is 7.76. The van der Waals surface area contributed by atoms with Gasteiger partial charge in [-0.05, 0) is 53.1 Å². The molecule has 1 aromatic carbocycles. The van der Waals surface area contributed by atoms with Crippen molar-refractivity contribution in [1.29, 1.82) is 0 Å². The van der Waals surface area contributed by atoms with Crippen molar-refractivity contribution >= 4 is 11.3 Å². The Balaban J connectivity index is 1.74. The Bertz CT molecular complexity index is 439. The van der Waals surface area contributed by atoms with E-state index in [9.17, 15) is 0 Å². The van der Waals surface area contributed by atoms with E-state index >= 15 is 0 Å². The summed E-state index contributed by atoms with van der Waals surface area (Å²) in [6, 6.07) is 10.3. The first-order valence-corrected chi connectivity index (χ1v) is 6.67. The third-order valence-corrected chi connectivity index (χ3v) is 3.37. The minimum absolute atomic E-state index is 0.890. The Labute approximate surface area is 106 Å². The van der Waals surface area contributed by atoms with E-state index < -0.39 is 0 Å². The first-order chi connectivity index (χ1) is 8.38. The van der Waals surface area contributed by atoms with E-state index in [0.29, 0.717) is 0 Å². The normalized spacial score (nSPS) is 10.4. The maximum Gasteiger partial charge on any atom is 0.119 e. The van der Waals surface area contributed by atoms with Gasteiger partial charge in [-0.1, -0.05) is 12.1 Å². The Morgan fingerprint density at radius 2 is 2.18 bits per heavy atom. The molecule has 1 aromatic heterocycles. The van der Waals surface area contributed by atoms with Crippen LogP contribution in [-0.4, -0.2) is 13.7 Å². The highest BCUT2D eigenvalue weighted by Gasteiger charge is 1.96. The maximum absolute atomic E-state index is 5.19. The summed E-state index contributed by atoms with van der Waals surface area (Å²) < 4.78 is 5.19. The maximum atomic E-state index is 5.19. The first kappa shape index (κ1) is 12.1. The van der Waals surface area contributed by atoms with Gasteiger partial charge in [-0.25, -0.2) is 0 Å². The summed E-state index contributed by atoms with van der Waals surface area (Å²) in [7, 11) is 1.70. The van der Waals surface area contributed by atoms with Crippen LogP contribution in [0.5, 0.6) is 5.75 Å². The van der Waals surface area contributed by atoms with Crippen LogP contribution in [0.3, 0.4) is 0 Å². The van der Waals surface area contributed by atoms with Crippen molar-refractivity contribution in [3.05, 3.63) is 52.2 Å². The molecule has 0 saturated carbocycles. The Morgan fingerprint density at radius 3 is 2.94 bits per heavy atom. The molecule has 0 amide bonds. The second-order valence-electron chi connectivity index (χ2n) is 3.91. The lowest BCUT2D eigenvalue weighted by atomic mass is 10.2. The third-order valence-electron chi connectivity index (χ3n) is 2.63. The van der Waals surface area contributed by atoms with E-state index in [2.05, 4.69) is 34.3 Å². The molecule has 90 valence electrons. The Hall–Kier alpha value is -1.32. The molecular formula is C14H17NOS. The van der Waals surface area contributed by atoms with E-state index in [1.165, 1.54) is 11.1 Å². The molecule has 0 unspecified atom stereocenters. The zero-order valence-corrected chi connectivity index (χ0v) is 10.8. The van der Waals surface area contributed by atoms with Crippen molar-refractivity contribution in [1.82, 2.24) is 5.32 Å². The van der Waals surface area contributed by atoms with E-state index in [4.69, 9.17) is 4.74 Å². The van der Waals surface area contributed by atoms with Gasteiger partial charge in [0.15, 0.2) is 0 Å². The highest BCUT2D eigenvalue weighted by molar-refractivity contribution is 7.07. The van der Waals surface area contributed by atoms with Gasteiger partial charge in [-0.15, -0.1) is 0 Å². The molecule has 0 spiro atoms. The van der Waals surface area contributed by atoms with E-state index in [0.717, 1.165) is 25.3 Å². The number of nitrogens with one attached hydrogen (secondary N) is 1. The molecule has 1 heterocycles. The van der Waals surface area contributed by atoms with Gasteiger partial charge in [0.1, 0.15) is 5.75 Å². The molecule has 1 N–H and O–H groups in total. The SMILES string of the molecule is COc1cccc(CNCCc2ccsc2)c1. The lowest BCUT2D eigenvalue weighted by Crippen LogP contribution is -2.16. The lowest BCUT2D eigenvalue weighted by molar-refractivity contribution is 0.414. The van der Waals surface area contributed by atoms with Crippen molar-refractivity contribution in [3.8, 4) is 5.75 Å². The molecule has 3 heteroatoms. The highest BCUT2D eigenvalue weighted by Crippen LogP contribution is 2.12. The first-order valence-electron chi connectivity index (χ1n) is 5.73. The average molecular weight is 247 g/mol. The number of benzene rings is 1. The average Bonchev–Trinajstić information content (AvgIpc) is 2.88. The van der Waals surface area contributed by atoms with Crippen molar-refractivity contribution < 1.29 is 4.74 Å². The number of ether oxygens (including phenoxy) is 1. The monoisotopic (exact) mass is 247 g/mol. The van der Waals surface area contributed by atoms with Gasteiger partial charge in [0.2, 0.25) is 0 Å². The van der Waals surface area contributed by atoms with Crippen LogP contribution in [-0.2, 0) is 13.0 Å². The fourth-order valence-electron chi connectivity index (χ4n) is 1.68. The van der Waals surface area contributed by atoms with Crippen molar-refractivity contribution in [2.45, 2.75) is 13.0 Å². The molecule has 17 heavy (non-hydrogen) atoms. The van der Waals surface area contributed by atoms with Gasteiger partial charge in [0.25, 0.3) is 0 Å². The van der Waals surface area contributed by atoms with Crippen LogP contribution in [0.25, 0.3) is 0 Å². The number of thiophene rings is 1. The van der Waals surface area contributed by atoms with Crippen LogP contribution < -0.4 is 10.1 Å². The molecule has 0 aliphatic rings. The second-order valence-corrected chi connectivity index (χ2v) is 4.69. The summed E-state index contributed by atoms with van der Waals surface area (Å²) in [6.07, 6.45) is 1.09. The van der Waals surface area contributed by atoms with Crippen LogP contribution >= 0.6 is 11.3 Å². The summed E-state index contributed by atoms with van der Waals surface area (Å²) in [5.41, 5.74) is 2.67. The van der Waals surface area contributed by atoms with Crippen LogP contribution in [0.2, 0.25) is 0 Å². The third kappa shape index (κ3) is 3.88. The molecule has 0 aliphatic heterocycles. The molecule has 0 bridgehead atoms. The molecule has 2 nitrogen and oxygen atoms in total. The molecular weight excluding hydrogens is 230 g/mol. The summed E-state index contributed by atoms with van der Waals surface area (Å²) >= 11 is 1.75. The van der Waals surface area contributed by atoms with Gasteiger partial charge in [-0.3, -0.25) is 0 Å². The number of hydrogen-bond donors (Lipinski definition) is 1. The molecule has 0 aliphatic carbocycles. The molecule has 2 rings (SSSR count). The van der Waals surface area contributed by atoms with Crippen LogP contribution in [0.15, 0.2) is 41.1 Å². The largest absolute Gasteiger partial charge is 0.497 e. The van der Waals surface area contributed by atoms with Crippen LogP contribution in [0.4, 0.5) is 0 Å². The number of methoxy groups -OCH3 is 1. The van der Waals surface area contributed by atoms with Crippen molar-refractivity contribution in [2.24, 2.45) is 0 Å². The molecule has 0 radical (unpaired) electrons. The van der Waals surface area contributed by atoms with Crippen molar-refractivity contribution in [2.75, 3.05) is 13.7 Å². The Kier molecular flexibility index (Phi) is 4.59. The minimum Gasteiger partial charge on any atom is -0.497 e. The number of hydrogen-bond acceptors (Lipinski definition) is 3. The fraction of sp³-hybridized carbons (Fsp3) is 0.286. The summed E-state index contributed by atoms with van der Waals surface area (Å²) in [6.45, 7) is 1.90. The summed E-state index contributed by atoms with van der Waals surface area (Å²) in [4.78, 5) is 0. The smallest absolute Gasteiger partial charge is 0.119 e. The summed E-state index contributed by atoms with van der Waals surface area (Å²) in [5.74, 6) is 0.919. The zero-order chi connectivity index (χ0) is 11.9. The van der Waals surface area contributed by atoms with E-state index in [1.807, 2.05) is 12.1 Å². The standard InChI is InChI=1S/C14H17NOS/c1-16-14-4-2-3-13(9-14)10-15-7-5-12-6-8-17-11-12/h2-4,6,8-9,11,15H,5,7,10H2,1H3. The Morgan fingerprint density at radius 1 is 1.24 bits per heavy atom. The highest BCUT2D eigenvalue weighted by atomic mass is 32.1. The van der Waals surface area contributed by atoms with E-state index in [-0.39, 0.29) is 0 Å². The van der Waals surface area contributed by atoms with Gasteiger partial charge in [0, 0.05) is 6.54 Å². The molecule has 0 atom stereocenters. The zero-order valence-electron chi connectivity index (χ0n) is 9.98. The van der Waals surface area contributed by atoms with Gasteiger partial charge in [-0.2, -0.15) is 11.3 Å². The van der Waals surface area contributed by atoms with Crippen LogP contribution in [0, 0.1) is 0 Å². The predicted octanol–water partition coefficient (Wildman–Crippen LogP) is 3.09. The topological polar surface area (TPSA) is 21.3 Å². The van der Waals surface area contributed by atoms with Gasteiger partial charge >= 0.3 is 0 Å². The van der Waals surface area contributed by atoms with Crippen LogP contribution in [0.1, 0.15) is 11.1 Å². The van der Waals surface area contributed by atoms with Gasteiger partial charge < -0.3 is 10.1 Å². The fourth-order valence-corrected chi connectivity index (χ4v) is 2.39. The molecule has 2 aromatic rings. The number of rotatable bonds is 6. The molecule has 0 fully saturated rings. The quantitative estimate of drug-likeness (QED) is 0.792. The second kappa shape index (κ2) is 6.42. The minimum atomic E-state index is 0.890.